The van der Waals surface area contributed by atoms with Crippen molar-refractivity contribution >= 4 is 5.95 Å². The fourth-order valence-corrected chi connectivity index (χ4v) is 0.729. The van der Waals surface area contributed by atoms with Gasteiger partial charge in [0.1, 0.15) is 0 Å². The molecular formula is C8H12FN3. The molecule has 1 aromatic rings. The lowest BCUT2D eigenvalue weighted by atomic mass is 10.3. The van der Waals surface area contributed by atoms with Crippen LogP contribution in [0.4, 0.5) is 10.3 Å². The van der Waals surface area contributed by atoms with Crippen molar-refractivity contribution in [2.45, 2.75) is 26.3 Å². The van der Waals surface area contributed by atoms with Gasteiger partial charge < -0.3 is 5.32 Å². The molecule has 0 aromatic carbocycles. The third-order valence-corrected chi connectivity index (χ3v) is 1.61. The van der Waals surface area contributed by atoms with Crippen molar-refractivity contribution in [2.75, 3.05) is 5.32 Å². The summed E-state index contributed by atoms with van der Waals surface area (Å²) in [5, 5.41) is 2.97. The van der Waals surface area contributed by atoms with Gasteiger partial charge in [0.2, 0.25) is 11.9 Å². The Morgan fingerprint density at radius 2 is 2.42 bits per heavy atom. The average Bonchev–Trinajstić information content (AvgIpc) is 2.04. The summed E-state index contributed by atoms with van der Waals surface area (Å²) < 4.78 is 12.5. The van der Waals surface area contributed by atoms with Crippen LogP contribution in [0, 0.1) is 5.95 Å². The third kappa shape index (κ3) is 2.45. The second-order valence-electron chi connectivity index (χ2n) is 2.66. The minimum atomic E-state index is -0.504. The number of hydrogen-bond donors (Lipinski definition) is 1. The topological polar surface area (TPSA) is 37.8 Å². The predicted octanol–water partition coefficient (Wildman–Crippen LogP) is 1.83. The average molecular weight is 169 g/mol. The van der Waals surface area contributed by atoms with Crippen molar-refractivity contribution < 1.29 is 4.39 Å². The van der Waals surface area contributed by atoms with E-state index < -0.39 is 5.95 Å². The van der Waals surface area contributed by atoms with Crippen molar-refractivity contribution in [1.82, 2.24) is 9.97 Å². The SMILES string of the molecule is CCC(C)Nc1nccc(F)n1. The number of nitrogens with one attached hydrogen (secondary N) is 1. The highest BCUT2D eigenvalue weighted by molar-refractivity contribution is 5.23. The Morgan fingerprint density at radius 3 is 3.00 bits per heavy atom. The quantitative estimate of drug-likeness (QED) is 0.701. The molecule has 3 nitrogen and oxygen atoms in total. The van der Waals surface area contributed by atoms with Crippen LogP contribution in [-0.2, 0) is 0 Å². The highest BCUT2D eigenvalue weighted by Gasteiger charge is 2.01. The van der Waals surface area contributed by atoms with Crippen LogP contribution in [0.25, 0.3) is 0 Å². The third-order valence-electron chi connectivity index (χ3n) is 1.61. The van der Waals surface area contributed by atoms with Crippen molar-refractivity contribution in [3.63, 3.8) is 0 Å². The minimum absolute atomic E-state index is 0.270. The van der Waals surface area contributed by atoms with Gasteiger partial charge in [-0.05, 0) is 13.3 Å². The summed E-state index contributed by atoms with van der Waals surface area (Å²) in [4.78, 5) is 7.44. The Labute approximate surface area is 71.0 Å². The van der Waals surface area contributed by atoms with Gasteiger partial charge in [-0.2, -0.15) is 9.37 Å². The Morgan fingerprint density at radius 1 is 1.67 bits per heavy atom. The lowest BCUT2D eigenvalue weighted by molar-refractivity contribution is 0.579. The molecule has 0 saturated heterocycles. The standard InChI is InChI=1S/C8H12FN3/c1-3-6(2)11-8-10-5-4-7(9)12-8/h4-6H,3H2,1-2H3,(H,10,11,12). The zero-order valence-corrected chi connectivity index (χ0v) is 7.21. The molecule has 0 spiro atoms. The molecule has 0 amide bonds. The number of halogens is 1. The maximum Gasteiger partial charge on any atom is 0.225 e. The van der Waals surface area contributed by atoms with Gasteiger partial charge in [0.05, 0.1) is 0 Å². The van der Waals surface area contributed by atoms with Crippen molar-refractivity contribution in [2.24, 2.45) is 0 Å². The maximum absolute atomic E-state index is 12.5. The molecular weight excluding hydrogens is 157 g/mol. The van der Waals surface area contributed by atoms with Crippen LogP contribution in [0.15, 0.2) is 12.3 Å². The van der Waals surface area contributed by atoms with Gasteiger partial charge in [0, 0.05) is 18.3 Å². The van der Waals surface area contributed by atoms with E-state index in [0.717, 1.165) is 6.42 Å². The smallest absolute Gasteiger partial charge is 0.225 e. The first kappa shape index (κ1) is 8.90. The monoisotopic (exact) mass is 169 g/mol. The summed E-state index contributed by atoms with van der Waals surface area (Å²) in [6.45, 7) is 4.03. The lowest BCUT2D eigenvalue weighted by Gasteiger charge is -2.09. The van der Waals surface area contributed by atoms with Crippen molar-refractivity contribution in [3.05, 3.63) is 18.2 Å². The normalized spacial score (nSPS) is 12.6. The molecule has 1 atom stereocenters. The lowest BCUT2D eigenvalue weighted by Crippen LogP contribution is -2.15. The molecule has 12 heavy (non-hydrogen) atoms. The van der Waals surface area contributed by atoms with Crippen molar-refractivity contribution in [1.29, 1.82) is 0 Å². The molecule has 1 heterocycles. The van der Waals surface area contributed by atoms with E-state index in [1.807, 2.05) is 13.8 Å². The van der Waals surface area contributed by atoms with Crippen LogP contribution in [0.1, 0.15) is 20.3 Å². The first-order chi connectivity index (χ1) is 5.72. The van der Waals surface area contributed by atoms with Crippen LogP contribution in [0.5, 0.6) is 0 Å². The summed E-state index contributed by atoms with van der Waals surface area (Å²) in [5.74, 6) is -0.153. The van der Waals surface area contributed by atoms with Crippen LogP contribution >= 0.6 is 0 Å². The van der Waals surface area contributed by atoms with E-state index in [0.29, 0.717) is 5.95 Å². The van der Waals surface area contributed by atoms with Crippen LogP contribution in [0.3, 0.4) is 0 Å². The molecule has 0 bridgehead atoms. The first-order valence-corrected chi connectivity index (χ1v) is 3.97. The van der Waals surface area contributed by atoms with Gasteiger partial charge in [0.25, 0.3) is 0 Å². The van der Waals surface area contributed by atoms with E-state index in [2.05, 4.69) is 15.3 Å². The second kappa shape index (κ2) is 3.99. The highest BCUT2D eigenvalue weighted by Crippen LogP contribution is 2.02. The van der Waals surface area contributed by atoms with Crippen LogP contribution in [0.2, 0.25) is 0 Å². The van der Waals surface area contributed by atoms with Gasteiger partial charge >= 0.3 is 0 Å². The van der Waals surface area contributed by atoms with E-state index in [1.54, 1.807) is 0 Å². The zero-order chi connectivity index (χ0) is 8.97. The first-order valence-electron chi connectivity index (χ1n) is 3.97. The molecule has 0 aliphatic rings. The van der Waals surface area contributed by atoms with E-state index in [-0.39, 0.29) is 6.04 Å². The molecule has 1 aromatic heterocycles. The fraction of sp³-hybridized carbons (Fsp3) is 0.500. The molecule has 1 unspecified atom stereocenters. The highest BCUT2D eigenvalue weighted by atomic mass is 19.1. The van der Waals surface area contributed by atoms with E-state index in [1.165, 1.54) is 12.3 Å². The van der Waals surface area contributed by atoms with Gasteiger partial charge in [0.15, 0.2) is 0 Å². The Bertz CT molecular complexity index is 252. The van der Waals surface area contributed by atoms with E-state index in [9.17, 15) is 4.39 Å². The number of hydrogen-bond acceptors (Lipinski definition) is 3. The number of nitrogens with zero attached hydrogens (tertiary/aromatic N) is 2. The molecule has 0 aliphatic heterocycles. The van der Waals surface area contributed by atoms with Crippen LogP contribution in [-0.4, -0.2) is 16.0 Å². The predicted molar refractivity (Wildman–Crippen MR) is 45.4 cm³/mol. The van der Waals surface area contributed by atoms with Gasteiger partial charge in [-0.25, -0.2) is 4.98 Å². The van der Waals surface area contributed by atoms with Gasteiger partial charge in [-0.3, -0.25) is 0 Å². The van der Waals surface area contributed by atoms with E-state index in [4.69, 9.17) is 0 Å². The molecule has 0 radical (unpaired) electrons. The molecule has 0 fully saturated rings. The Balaban J connectivity index is 2.63. The molecule has 0 saturated carbocycles. The summed E-state index contributed by atoms with van der Waals surface area (Å²) >= 11 is 0. The molecule has 4 heteroatoms. The maximum atomic E-state index is 12.5. The zero-order valence-electron chi connectivity index (χ0n) is 7.21. The summed E-state index contributed by atoms with van der Waals surface area (Å²) in [5.41, 5.74) is 0. The Hall–Kier alpha value is -1.19. The largest absolute Gasteiger partial charge is 0.352 e. The number of rotatable bonds is 3. The van der Waals surface area contributed by atoms with E-state index >= 15 is 0 Å². The van der Waals surface area contributed by atoms with Crippen LogP contribution < -0.4 is 5.32 Å². The second-order valence-corrected chi connectivity index (χ2v) is 2.66. The number of aromatic nitrogens is 2. The Kier molecular flexibility index (Phi) is 2.96. The van der Waals surface area contributed by atoms with Gasteiger partial charge in [-0.15, -0.1) is 0 Å². The summed E-state index contributed by atoms with van der Waals surface area (Å²) in [6.07, 6.45) is 2.35. The molecule has 66 valence electrons. The minimum Gasteiger partial charge on any atom is -0.352 e. The molecule has 0 aliphatic carbocycles. The van der Waals surface area contributed by atoms with Crippen molar-refractivity contribution in [3.8, 4) is 0 Å². The molecule has 1 rings (SSSR count). The number of anilines is 1. The summed E-state index contributed by atoms with van der Waals surface area (Å²) in [7, 11) is 0. The fourth-order valence-electron chi connectivity index (χ4n) is 0.729. The van der Waals surface area contributed by atoms with Gasteiger partial charge in [-0.1, -0.05) is 6.92 Å². The summed E-state index contributed by atoms with van der Waals surface area (Å²) in [6, 6.07) is 1.49. The molecule has 1 N–H and O–H groups in total.